The third-order valence-corrected chi connectivity index (χ3v) is 3.80. The van der Waals surface area contributed by atoms with Crippen molar-refractivity contribution in [3.63, 3.8) is 0 Å². The number of nitrogens with zero attached hydrogens (tertiary/aromatic N) is 2. The maximum atomic E-state index is 12.4. The molecule has 0 radical (unpaired) electrons. The van der Waals surface area contributed by atoms with Crippen LogP contribution < -0.4 is 11.5 Å². The van der Waals surface area contributed by atoms with Crippen molar-refractivity contribution in [2.24, 2.45) is 16.5 Å². The van der Waals surface area contributed by atoms with Crippen molar-refractivity contribution in [3.8, 4) is 22.8 Å². The van der Waals surface area contributed by atoms with Gasteiger partial charge in [0.15, 0.2) is 5.96 Å². The lowest BCUT2D eigenvalue weighted by molar-refractivity contribution is 0.100. The Labute approximate surface area is 143 Å². The zero-order valence-corrected chi connectivity index (χ0v) is 13.4. The number of rotatable bonds is 2. The van der Waals surface area contributed by atoms with Crippen molar-refractivity contribution in [2.75, 3.05) is 0 Å². The number of aromatic nitrogens is 1. The summed E-state index contributed by atoms with van der Waals surface area (Å²) in [6.07, 6.45) is 0. The minimum atomic E-state index is -0.733. The second-order valence-electron chi connectivity index (χ2n) is 5.54. The van der Waals surface area contributed by atoms with Gasteiger partial charge < -0.3 is 21.7 Å². The van der Waals surface area contributed by atoms with E-state index in [-0.39, 0.29) is 28.0 Å². The second-order valence-corrected chi connectivity index (χ2v) is 5.54. The number of carbonyl (C=O) groups excluding carboxylic acids is 1. The van der Waals surface area contributed by atoms with E-state index < -0.39 is 11.9 Å². The van der Waals surface area contributed by atoms with Crippen LogP contribution in [0.25, 0.3) is 22.2 Å². The predicted octanol–water partition coefficient (Wildman–Crippen LogP) is 2.04. The van der Waals surface area contributed by atoms with Crippen LogP contribution in [0.1, 0.15) is 15.9 Å². The third kappa shape index (κ3) is 2.94. The first-order valence-electron chi connectivity index (χ1n) is 7.44. The summed E-state index contributed by atoms with van der Waals surface area (Å²) in [5, 5.41) is 20.4. The van der Waals surface area contributed by atoms with Gasteiger partial charge in [0.25, 0.3) is 5.91 Å². The smallest absolute Gasteiger partial charge is 0.281 e. The number of aryl methyl sites for hydroxylation is 1. The maximum Gasteiger partial charge on any atom is 0.281 e. The van der Waals surface area contributed by atoms with E-state index in [1.165, 1.54) is 18.2 Å². The molecule has 6 N–H and O–H groups in total. The Balaban J connectivity index is 2.40. The Bertz CT molecular complexity index is 1020. The molecule has 7 nitrogen and oxygen atoms in total. The zero-order chi connectivity index (χ0) is 18.1. The lowest BCUT2D eigenvalue weighted by Gasteiger charge is -2.11. The number of benzene rings is 2. The Kier molecular flexibility index (Phi) is 3.98. The molecular formula is C18H16N4O3. The van der Waals surface area contributed by atoms with Gasteiger partial charge in [-0.2, -0.15) is 4.99 Å². The van der Waals surface area contributed by atoms with Crippen LogP contribution >= 0.6 is 0 Å². The highest BCUT2D eigenvalue weighted by atomic mass is 16.3. The molecule has 0 bridgehead atoms. The number of pyridine rings is 1. The summed E-state index contributed by atoms with van der Waals surface area (Å²) in [5.41, 5.74) is 12.9. The molecule has 7 heteroatoms. The number of guanidine groups is 1. The number of aromatic hydroxyl groups is 2. The first kappa shape index (κ1) is 16.3. The van der Waals surface area contributed by atoms with E-state index in [0.717, 1.165) is 11.1 Å². The molecule has 0 unspecified atom stereocenters. The summed E-state index contributed by atoms with van der Waals surface area (Å²) in [7, 11) is 0. The summed E-state index contributed by atoms with van der Waals surface area (Å²) in [6.45, 7) is 1.90. The molecule has 0 atom stereocenters. The number of amides is 1. The first-order chi connectivity index (χ1) is 11.9. The number of fused-ring (bicyclic) bond motifs is 1. The molecule has 0 saturated carbocycles. The number of aliphatic imine (C=N–C) groups is 1. The lowest BCUT2D eigenvalue weighted by Crippen LogP contribution is -2.24. The fourth-order valence-corrected chi connectivity index (χ4v) is 2.65. The van der Waals surface area contributed by atoms with Crippen LogP contribution in [0.2, 0.25) is 0 Å². The number of phenols is 2. The molecule has 3 aromatic rings. The van der Waals surface area contributed by atoms with Gasteiger partial charge in [-0.3, -0.25) is 4.79 Å². The molecule has 1 heterocycles. The topological polar surface area (TPSA) is 135 Å². The normalized spacial score (nSPS) is 10.6. The quantitative estimate of drug-likeness (QED) is 0.321. The fraction of sp³-hybridized carbons (Fsp3) is 0.0556. The monoisotopic (exact) mass is 336 g/mol. The molecule has 3 rings (SSSR count). The van der Waals surface area contributed by atoms with Crippen LogP contribution in [0, 0.1) is 6.92 Å². The summed E-state index contributed by atoms with van der Waals surface area (Å²) < 4.78 is 0. The standard InChI is InChI=1S/C18H16N4O3/c1-9-4-2-3-5-10(9)12-8-11(17(25)22-18(19)20)15-13(23)6-7-14(24)16(15)21-12/h2-8,23-24H,1H3,(H4,19,20,22,25). The summed E-state index contributed by atoms with van der Waals surface area (Å²) in [6, 6.07) is 11.6. The SMILES string of the molecule is Cc1ccccc1-c1cc(C(=O)N=C(N)N)c2c(O)ccc(O)c2n1. The highest BCUT2D eigenvalue weighted by Gasteiger charge is 2.19. The molecule has 0 aliphatic heterocycles. The van der Waals surface area contributed by atoms with Crippen LogP contribution in [0.15, 0.2) is 47.5 Å². The average Bonchev–Trinajstić information content (AvgIpc) is 2.57. The highest BCUT2D eigenvalue weighted by molar-refractivity contribution is 6.13. The van der Waals surface area contributed by atoms with E-state index in [1.807, 2.05) is 31.2 Å². The Morgan fingerprint density at radius 1 is 1.08 bits per heavy atom. The Morgan fingerprint density at radius 3 is 2.44 bits per heavy atom. The molecule has 0 spiro atoms. The van der Waals surface area contributed by atoms with Gasteiger partial charge in [0, 0.05) is 5.56 Å². The largest absolute Gasteiger partial charge is 0.507 e. The lowest BCUT2D eigenvalue weighted by atomic mass is 10.00. The number of phenolic OH excluding ortho intramolecular Hbond substituents is 2. The van der Waals surface area contributed by atoms with Gasteiger partial charge in [0.1, 0.15) is 17.0 Å². The fourth-order valence-electron chi connectivity index (χ4n) is 2.65. The number of nitrogens with two attached hydrogens (primary N) is 2. The van der Waals surface area contributed by atoms with E-state index in [1.54, 1.807) is 0 Å². The van der Waals surface area contributed by atoms with Gasteiger partial charge in [-0.15, -0.1) is 0 Å². The molecule has 2 aromatic carbocycles. The number of hydrogen-bond donors (Lipinski definition) is 4. The molecule has 0 saturated heterocycles. The molecule has 126 valence electrons. The van der Waals surface area contributed by atoms with Gasteiger partial charge in [-0.1, -0.05) is 24.3 Å². The van der Waals surface area contributed by atoms with Gasteiger partial charge in [0.2, 0.25) is 0 Å². The Hall–Kier alpha value is -3.61. The molecule has 0 fully saturated rings. The van der Waals surface area contributed by atoms with Crippen LogP contribution in [-0.4, -0.2) is 27.1 Å². The Morgan fingerprint density at radius 2 is 1.76 bits per heavy atom. The number of carbonyl (C=O) groups is 1. The van der Waals surface area contributed by atoms with E-state index in [0.29, 0.717) is 5.69 Å². The van der Waals surface area contributed by atoms with E-state index in [2.05, 4.69) is 9.98 Å². The van der Waals surface area contributed by atoms with Crippen molar-refractivity contribution >= 4 is 22.8 Å². The van der Waals surface area contributed by atoms with E-state index in [4.69, 9.17) is 11.5 Å². The van der Waals surface area contributed by atoms with Gasteiger partial charge in [0.05, 0.1) is 16.6 Å². The van der Waals surface area contributed by atoms with Gasteiger partial charge >= 0.3 is 0 Å². The predicted molar refractivity (Wildman–Crippen MR) is 95.4 cm³/mol. The average molecular weight is 336 g/mol. The van der Waals surface area contributed by atoms with Crippen molar-refractivity contribution < 1.29 is 15.0 Å². The third-order valence-electron chi connectivity index (χ3n) is 3.80. The van der Waals surface area contributed by atoms with Crippen LogP contribution in [0.4, 0.5) is 0 Å². The second kappa shape index (κ2) is 6.12. The minimum Gasteiger partial charge on any atom is -0.507 e. The van der Waals surface area contributed by atoms with Crippen LogP contribution in [0.5, 0.6) is 11.5 Å². The maximum absolute atomic E-state index is 12.4. The minimum absolute atomic E-state index is 0.0463. The van der Waals surface area contributed by atoms with Gasteiger partial charge in [-0.05, 0) is 30.7 Å². The van der Waals surface area contributed by atoms with Crippen molar-refractivity contribution in [1.29, 1.82) is 0 Å². The zero-order valence-electron chi connectivity index (χ0n) is 13.4. The summed E-state index contributed by atoms with van der Waals surface area (Å²) >= 11 is 0. The summed E-state index contributed by atoms with van der Waals surface area (Å²) in [4.78, 5) is 20.4. The molecular weight excluding hydrogens is 320 g/mol. The van der Waals surface area contributed by atoms with Crippen LogP contribution in [-0.2, 0) is 0 Å². The molecule has 1 amide bonds. The molecule has 0 aliphatic carbocycles. The van der Waals surface area contributed by atoms with Crippen molar-refractivity contribution in [1.82, 2.24) is 4.98 Å². The van der Waals surface area contributed by atoms with Crippen molar-refractivity contribution in [2.45, 2.75) is 6.92 Å². The first-order valence-corrected chi connectivity index (χ1v) is 7.44. The van der Waals surface area contributed by atoms with E-state index >= 15 is 0 Å². The van der Waals surface area contributed by atoms with E-state index in [9.17, 15) is 15.0 Å². The van der Waals surface area contributed by atoms with Crippen LogP contribution in [0.3, 0.4) is 0 Å². The molecule has 0 aliphatic rings. The highest BCUT2D eigenvalue weighted by Crippen LogP contribution is 2.36. The number of hydrogen-bond acceptors (Lipinski definition) is 4. The van der Waals surface area contributed by atoms with Crippen molar-refractivity contribution in [3.05, 3.63) is 53.6 Å². The summed E-state index contributed by atoms with van der Waals surface area (Å²) in [5.74, 6) is -1.50. The molecule has 1 aromatic heterocycles. The molecule has 25 heavy (non-hydrogen) atoms. The van der Waals surface area contributed by atoms with Gasteiger partial charge in [-0.25, -0.2) is 4.98 Å².